The van der Waals surface area contributed by atoms with Crippen molar-refractivity contribution in [3.05, 3.63) is 90.3 Å². The Balaban J connectivity index is 1.43. The summed E-state index contributed by atoms with van der Waals surface area (Å²) in [6.07, 6.45) is 1.65. The summed E-state index contributed by atoms with van der Waals surface area (Å²) in [5.74, 6) is 0.485. The smallest absolute Gasteiger partial charge is 0.338 e. The zero-order valence-corrected chi connectivity index (χ0v) is 22.8. The van der Waals surface area contributed by atoms with Crippen LogP contribution in [0.4, 0.5) is 35.0 Å². The first kappa shape index (κ1) is 28.4. The molecule has 5 rings (SSSR count). The normalized spacial score (nSPS) is 14.8. The van der Waals surface area contributed by atoms with Gasteiger partial charge in [0.2, 0.25) is 5.95 Å². The first-order valence-corrected chi connectivity index (χ1v) is 13.5. The lowest BCUT2D eigenvalue weighted by atomic mass is 10.0. The van der Waals surface area contributed by atoms with Crippen molar-refractivity contribution in [2.24, 2.45) is 0 Å². The fourth-order valence-corrected chi connectivity index (χ4v) is 4.98. The molecule has 7 nitrogen and oxygen atoms in total. The minimum atomic E-state index is -4.41. The third-order valence-corrected chi connectivity index (χ3v) is 7.25. The first-order chi connectivity index (χ1) is 19.7. The largest absolute Gasteiger partial charge is 0.416 e. The molecule has 0 saturated carbocycles. The summed E-state index contributed by atoms with van der Waals surface area (Å²) in [4.78, 5) is 22.4. The maximum atomic E-state index is 14.2. The van der Waals surface area contributed by atoms with E-state index in [0.29, 0.717) is 35.6 Å². The van der Waals surface area contributed by atoms with Gasteiger partial charge in [0.1, 0.15) is 5.82 Å². The summed E-state index contributed by atoms with van der Waals surface area (Å²) >= 11 is 0. The van der Waals surface area contributed by atoms with Gasteiger partial charge in [-0.1, -0.05) is 18.2 Å². The summed E-state index contributed by atoms with van der Waals surface area (Å²) in [6, 6.07) is 14.3. The molecule has 0 bridgehead atoms. The molecule has 4 aromatic rings. The highest BCUT2D eigenvalue weighted by atomic mass is 19.4. The van der Waals surface area contributed by atoms with Gasteiger partial charge in [0.15, 0.2) is 5.82 Å². The summed E-state index contributed by atoms with van der Waals surface area (Å²) in [5.41, 5.74) is 1.40. The number of benzene rings is 1. The van der Waals surface area contributed by atoms with Gasteiger partial charge in [0.05, 0.1) is 35.4 Å². The maximum absolute atomic E-state index is 14.2. The summed E-state index contributed by atoms with van der Waals surface area (Å²) in [7, 11) is 0. The van der Waals surface area contributed by atoms with Gasteiger partial charge in [0.25, 0.3) is 0 Å². The Morgan fingerprint density at radius 3 is 2.41 bits per heavy atom. The number of hydrogen-bond donors (Lipinski definition) is 1. The van der Waals surface area contributed by atoms with Crippen molar-refractivity contribution < 1.29 is 17.6 Å². The van der Waals surface area contributed by atoms with Crippen molar-refractivity contribution >= 4 is 17.5 Å². The SMILES string of the molecule is CC(C)N1CCC(N(Cc2cccc(Nc3ccncc3F)n2)c2nccc(-c3ccc(C(F)(F)F)cc3)n2)CC1. The van der Waals surface area contributed by atoms with Gasteiger partial charge in [-0.25, -0.2) is 19.3 Å². The van der Waals surface area contributed by atoms with Crippen molar-refractivity contribution in [1.82, 2.24) is 24.8 Å². The van der Waals surface area contributed by atoms with Crippen molar-refractivity contribution in [3.8, 4) is 11.3 Å². The molecule has 0 amide bonds. The Morgan fingerprint density at radius 1 is 0.976 bits per heavy atom. The van der Waals surface area contributed by atoms with E-state index in [4.69, 9.17) is 9.97 Å². The monoisotopic (exact) mass is 565 g/mol. The fourth-order valence-electron chi connectivity index (χ4n) is 4.98. The van der Waals surface area contributed by atoms with Crippen LogP contribution in [-0.4, -0.2) is 50.0 Å². The number of halogens is 4. The van der Waals surface area contributed by atoms with Crippen LogP contribution in [0.2, 0.25) is 0 Å². The van der Waals surface area contributed by atoms with Crippen molar-refractivity contribution in [3.63, 3.8) is 0 Å². The van der Waals surface area contributed by atoms with Gasteiger partial charge in [-0.3, -0.25) is 4.98 Å². The lowest BCUT2D eigenvalue weighted by Crippen LogP contribution is -2.47. The van der Waals surface area contributed by atoms with Gasteiger partial charge >= 0.3 is 6.18 Å². The molecule has 0 aliphatic carbocycles. The van der Waals surface area contributed by atoms with E-state index in [1.165, 1.54) is 18.3 Å². The maximum Gasteiger partial charge on any atom is 0.416 e. The van der Waals surface area contributed by atoms with E-state index in [-0.39, 0.29) is 11.7 Å². The molecule has 1 aliphatic rings. The van der Waals surface area contributed by atoms with Gasteiger partial charge in [-0.15, -0.1) is 0 Å². The second-order valence-electron chi connectivity index (χ2n) is 10.3. The summed E-state index contributed by atoms with van der Waals surface area (Å²) in [6.45, 7) is 6.62. The first-order valence-electron chi connectivity index (χ1n) is 13.5. The highest BCUT2D eigenvalue weighted by Crippen LogP contribution is 2.31. The number of anilines is 3. The number of aromatic nitrogens is 4. The number of nitrogens with zero attached hydrogens (tertiary/aromatic N) is 6. The quantitative estimate of drug-likeness (QED) is 0.238. The number of alkyl halides is 3. The Bertz CT molecular complexity index is 1450. The topological polar surface area (TPSA) is 70.1 Å². The molecule has 1 aromatic carbocycles. The average molecular weight is 566 g/mol. The third-order valence-electron chi connectivity index (χ3n) is 7.25. The molecule has 11 heteroatoms. The average Bonchev–Trinajstić information content (AvgIpc) is 2.97. The van der Waals surface area contributed by atoms with E-state index in [2.05, 4.69) is 38.9 Å². The fraction of sp³-hybridized carbons (Fsp3) is 0.333. The van der Waals surface area contributed by atoms with Crippen molar-refractivity contribution in [2.45, 2.75) is 51.5 Å². The lowest BCUT2D eigenvalue weighted by Gasteiger charge is -2.40. The van der Waals surface area contributed by atoms with E-state index in [1.54, 1.807) is 24.4 Å². The van der Waals surface area contributed by atoms with E-state index in [9.17, 15) is 17.6 Å². The van der Waals surface area contributed by atoms with Crippen LogP contribution >= 0.6 is 0 Å². The molecule has 1 saturated heterocycles. The summed E-state index contributed by atoms with van der Waals surface area (Å²) < 4.78 is 53.4. The molecule has 41 heavy (non-hydrogen) atoms. The van der Waals surface area contributed by atoms with E-state index >= 15 is 0 Å². The second kappa shape index (κ2) is 12.2. The predicted molar refractivity (Wildman–Crippen MR) is 150 cm³/mol. The molecule has 1 fully saturated rings. The Labute approximate surface area is 236 Å². The predicted octanol–water partition coefficient (Wildman–Crippen LogP) is 6.71. The second-order valence-corrected chi connectivity index (χ2v) is 10.3. The number of pyridine rings is 2. The summed E-state index contributed by atoms with van der Waals surface area (Å²) in [5, 5.41) is 3.01. The number of nitrogens with one attached hydrogen (secondary N) is 1. The zero-order chi connectivity index (χ0) is 29.0. The van der Waals surface area contributed by atoms with Gasteiger partial charge in [-0.05, 0) is 63.1 Å². The molecule has 0 spiro atoms. The molecule has 0 unspecified atom stereocenters. The lowest BCUT2D eigenvalue weighted by molar-refractivity contribution is -0.137. The molecule has 214 valence electrons. The van der Waals surface area contributed by atoms with Crippen molar-refractivity contribution in [1.29, 1.82) is 0 Å². The van der Waals surface area contributed by atoms with E-state index < -0.39 is 17.6 Å². The number of piperidine rings is 1. The molecule has 4 heterocycles. The molecule has 1 aliphatic heterocycles. The van der Waals surface area contributed by atoms with Crippen LogP contribution in [0.1, 0.15) is 37.9 Å². The van der Waals surface area contributed by atoms with Crippen LogP contribution in [0.3, 0.4) is 0 Å². The van der Waals surface area contributed by atoms with Gasteiger partial charge < -0.3 is 15.1 Å². The van der Waals surface area contributed by atoms with Crippen LogP contribution in [-0.2, 0) is 12.7 Å². The minimum absolute atomic E-state index is 0.129. The molecule has 0 radical (unpaired) electrons. The minimum Gasteiger partial charge on any atom is -0.338 e. The molecule has 0 atom stereocenters. The number of hydrogen-bond acceptors (Lipinski definition) is 7. The van der Waals surface area contributed by atoms with Crippen molar-refractivity contribution in [2.75, 3.05) is 23.3 Å². The number of rotatable bonds is 8. The highest BCUT2D eigenvalue weighted by molar-refractivity contribution is 5.61. The van der Waals surface area contributed by atoms with Gasteiger partial charge in [-0.2, -0.15) is 13.2 Å². The third kappa shape index (κ3) is 6.97. The molecule has 3 aromatic heterocycles. The Morgan fingerprint density at radius 2 is 1.73 bits per heavy atom. The van der Waals surface area contributed by atoms with Crippen LogP contribution in [0.25, 0.3) is 11.3 Å². The molecular weight excluding hydrogens is 534 g/mol. The van der Waals surface area contributed by atoms with Crippen LogP contribution < -0.4 is 10.2 Å². The molecular formula is C30H31F4N7. The molecule has 1 N–H and O–H groups in total. The Kier molecular flexibility index (Phi) is 8.44. The van der Waals surface area contributed by atoms with E-state index in [1.807, 2.05) is 12.1 Å². The van der Waals surface area contributed by atoms with Crippen LogP contribution in [0.5, 0.6) is 0 Å². The van der Waals surface area contributed by atoms with Crippen LogP contribution in [0, 0.1) is 5.82 Å². The zero-order valence-electron chi connectivity index (χ0n) is 22.8. The van der Waals surface area contributed by atoms with Gasteiger partial charge in [0, 0.05) is 43.1 Å². The van der Waals surface area contributed by atoms with Crippen LogP contribution in [0.15, 0.2) is 73.2 Å². The van der Waals surface area contributed by atoms with E-state index in [0.717, 1.165) is 50.0 Å². The Hall–Kier alpha value is -4.12. The highest BCUT2D eigenvalue weighted by Gasteiger charge is 2.30. The standard InChI is InChI=1S/C30H31F4N7/c1-20(2)40-16-12-24(13-17-40)41(19-23-4-3-5-28(37-23)38-27-10-14-35-18-25(27)31)29-36-15-11-26(39-29)21-6-8-22(9-7-21)30(32,33)34/h3-11,14-15,18,20,24H,12-13,16-17,19H2,1-2H3,(H,35,37,38). The number of likely N-dealkylation sites (tertiary alicyclic amines) is 1.